The van der Waals surface area contributed by atoms with Crippen molar-refractivity contribution in [2.45, 2.75) is 24.9 Å². The van der Waals surface area contributed by atoms with Crippen LogP contribution in [0.2, 0.25) is 0 Å². The van der Waals surface area contributed by atoms with Crippen LogP contribution in [0.3, 0.4) is 0 Å². The van der Waals surface area contributed by atoms with Crippen LogP contribution in [0, 0.1) is 17.2 Å². The first-order chi connectivity index (χ1) is 14.3. The molecule has 0 spiro atoms. The summed E-state index contributed by atoms with van der Waals surface area (Å²) in [5.74, 6) is -4.02. The topological polar surface area (TPSA) is 90.2 Å². The number of aliphatic hydroxyl groups excluding tert-OH is 1. The summed E-state index contributed by atoms with van der Waals surface area (Å²) in [7, 11) is 0. The second-order valence-corrected chi connectivity index (χ2v) is 6.43. The van der Waals surface area contributed by atoms with Gasteiger partial charge in [0.2, 0.25) is 5.91 Å². The van der Waals surface area contributed by atoms with Crippen LogP contribution in [0.1, 0.15) is 29.2 Å². The maximum absolute atomic E-state index is 12.6. The van der Waals surface area contributed by atoms with Gasteiger partial charge in [-0.3, -0.25) is 9.59 Å². The summed E-state index contributed by atoms with van der Waals surface area (Å²) in [6.07, 6.45) is -11.5. The molecule has 0 aliphatic carbocycles. The molecule has 1 amide bonds. The number of carbonyl (C=O) groups is 2. The number of halogens is 6. The SMILES string of the molecule is N#CC(C(=O)CC(O)c1ccc(C(F)(F)F)cc1)C(=O)Nc1ccc(C(F)(F)F)cc1. The molecule has 0 saturated heterocycles. The van der Waals surface area contributed by atoms with Gasteiger partial charge in [0.25, 0.3) is 0 Å². The highest BCUT2D eigenvalue weighted by atomic mass is 19.4. The fourth-order valence-corrected chi connectivity index (χ4v) is 2.55. The molecule has 31 heavy (non-hydrogen) atoms. The maximum atomic E-state index is 12.6. The van der Waals surface area contributed by atoms with Gasteiger partial charge in [0.05, 0.1) is 23.3 Å². The van der Waals surface area contributed by atoms with E-state index in [4.69, 9.17) is 5.26 Å². The first-order valence-corrected chi connectivity index (χ1v) is 8.58. The lowest BCUT2D eigenvalue weighted by Gasteiger charge is -2.14. The number of ketones is 1. The molecular weight excluding hydrogens is 430 g/mol. The van der Waals surface area contributed by atoms with Gasteiger partial charge in [0.1, 0.15) is 0 Å². The summed E-state index contributed by atoms with van der Waals surface area (Å²) in [6.45, 7) is 0. The first kappa shape index (κ1) is 23.9. The predicted octanol–water partition coefficient (Wildman–Crippen LogP) is 4.50. The fraction of sp³-hybridized carbons (Fsp3) is 0.250. The Morgan fingerprint density at radius 2 is 1.35 bits per heavy atom. The van der Waals surface area contributed by atoms with Gasteiger partial charge < -0.3 is 10.4 Å². The molecule has 0 saturated carbocycles. The molecule has 2 aromatic rings. The zero-order chi connectivity index (χ0) is 23.4. The fourth-order valence-electron chi connectivity index (χ4n) is 2.55. The highest BCUT2D eigenvalue weighted by Gasteiger charge is 2.32. The van der Waals surface area contributed by atoms with Gasteiger partial charge in [-0.2, -0.15) is 31.6 Å². The summed E-state index contributed by atoms with van der Waals surface area (Å²) in [4.78, 5) is 24.4. The van der Waals surface area contributed by atoms with Gasteiger partial charge >= 0.3 is 12.4 Å². The van der Waals surface area contributed by atoms with Gasteiger partial charge in [-0.15, -0.1) is 0 Å². The average Bonchev–Trinajstić information content (AvgIpc) is 2.67. The monoisotopic (exact) mass is 444 g/mol. The predicted molar refractivity (Wildman–Crippen MR) is 95.2 cm³/mol. The van der Waals surface area contributed by atoms with Gasteiger partial charge in [-0.25, -0.2) is 0 Å². The number of nitrogens with one attached hydrogen (secondary N) is 1. The third-order valence-electron chi connectivity index (χ3n) is 4.21. The Kier molecular flexibility index (Phi) is 7.07. The van der Waals surface area contributed by atoms with E-state index in [1.54, 1.807) is 0 Å². The average molecular weight is 444 g/mol. The minimum Gasteiger partial charge on any atom is -0.388 e. The van der Waals surface area contributed by atoms with Crippen molar-refractivity contribution in [3.63, 3.8) is 0 Å². The van der Waals surface area contributed by atoms with Crippen LogP contribution in [0.4, 0.5) is 32.0 Å². The quantitative estimate of drug-likeness (QED) is 0.507. The molecular formula is C20H14F6N2O3. The van der Waals surface area contributed by atoms with Gasteiger partial charge in [-0.1, -0.05) is 12.1 Å². The summed E-state index contributed by atoms with van der Waals surface area (Å²) in [6, 6.07) is 8.07. The molecule has 164 valence electrons. The Bertz CT molecular complexity index is 976. The summed E-state index contributed by atoms with van der Waals surface area (Å²) >= 11 is 0. The van der Waals surface area contributed by atoms with Crippen LogP contribution in [0.5, 0.6) is 0 Å². The molecule has 11 heteroatoms. The Labute approximate surface area is 171 Å². The number of rotatable bonds is 6. The number of Topliss-reactive ketones (excluding diaryl/α,β-unsaturated/α-hetero) is 1. The number of nitrogens with zero attached hydrogens (tertiary/aromatic N) is 1. The second-order valence-electron chi connectivity index (χ2n) is 6.43. The van der Waals surface area contributed by atoms with Crippen molar-refractivity contribution < 1.29 is 41.0 Å². The first-order valence-electron chi connectivity index (χ1n) is 8.58. The molecule has 2 N–H and O–H groups in total. The number of amides is 1. The zero-order valence-electron chi connectivity index (χ0n) is 15.5. The van der Waals surface area contributed by atoms with Crippen molar-refractivity contribution in [1.82, 2.24) is 0 Å². The normalized spacial score (nSPS) is 13.7. The molecule has 2 unspecified atom stereocenters. The Balaban J connectivity index is 2.03. The molecule has 0 bridgehead atoms. The van der Waals surface area contributed by atoms with Crippen molar-refractivity contribution >= 4 is 17.4 Å². The molecule has 0 fully saturated rings. The largest absolute Gasteiger partial charge is 0.416 e. The third-order valence-corrected chi connectivity index (χ3v) is 4.21. The van der Waals surface area contributed by atoms with Crippen LogP contribution >= 0.6 is 0 Å². The van der Waals surface area contributed by atoms with Crippen molar-refractivity contribution in [3.8, 4) is 6.07 Å². The molecule has 2 rings (SSSR count). The molecule has 0 aromatic heterocycles. The molecule has 2 aromatic carbocycles. The minimum absolute atomic E-state index is 0.0267. The van der Waals surface area contributed by atoms with E-state index in [1.165, 1.54) is 6.07 Å². The van der Waals surface area contributed by atoms with Crippen LogP contribution in [0.25, 0.3) is 0 Å². The van der Waals surface area contributed by atoms with Crippen molar-refractivity contribution in [2.24, 2.45) is 5.92 Å². The Morgan fingerprint density at radius 1 is 0.903 bits per heavy atom. The molecule has 0 radical (unpaired) electrons. The van der Waals surface area contributed by atoms with Crippen LogP contribution < -0.4 is 5.32 Å². The van der Waals surface area contributed by atoms with Gasteiger partial charge in [0, 0.05) is 12.1 Å². The van der Waals surface area contributed by atoms with Crippen molar-refractivity contribution in [1.29, 1.82) is 5.26 Å². The highest BCUT2D eigenvalue weighted by Crippen LogP contribution is 2.31. The highest BCUT2D eigenvalue weighted by molar-refractivity contribution is 6.09. The number of hydrogen-bond donors (Lipinski definition) is 2. The third kappa shape index (κ3) is 6.29. The van der Waals surface area contributed by atoms with E-state index in [0.717, 1.165) is 24.3 Å². The number of aliphatic hydroxyl groups is 1. The number of alkyl halides is 6. The number of carbonyl (C=O) groups excluding carboxylic acids is 2. The summed E-state index contributed by atoms with van der Waals surface area (Å²) in [5, 5.41) is 21.3. The van der Waals surface area contributed by atoms with E-state index >= 15 is 0 Å². The Hall–Kier alpha value is -3.39. The number of benzene rings is 2. The zero-order valence-corrected chi connectivity index (χ0v) is 15.5. The molecule has 5 nitrogen and oxygen atoms in total. The number of hydrogen-bond acceptors (Lipinski definition) is 4. The minimum atomic E-state index is -4.58. The molecule has 0 heterocycles. The van der Waals surface area contributed by atoms with Crippen LogP contribution in [0.15, 0.2) is 48.5 Å². The van der Waals surface area contributed by atoms with Crippen LogP contribution in [-0.4, -0.2) is 16.8 Å². The number of nitriles is 1. The van der Waals surface area contributed by atoms with E-state index in [-0.39, 0.29) is 11.3 Å². The summed E-state index contributed by atoms with van der Waals surface area (Å²) in [5.41, 5.74) is -2.03. The molecule has 0 aliphatic heterocycles. The maximum Gasteiger partial charge on any atom is 0.416 e. The van der Waals surface area contributed by atoms with Crippen LogP contribution in [-0.2, 0) is 21.9 Å². The standard InChI is InChI=1S/C20H14F6N2O3/c21-19(22,23)12-3-1-11(2-4-12)16(29)9-17(30)15(10-27)18(31)28-14-7-5-13(6-8-14)20(24,25)26/h1-8,15-16,29H,9H2,(H,28,31). The van der Waals surface area contributed by atoms with E-state index in [1.807, 2.05) is 0 Å². The lowest BCUT2D eigenvalue weighted by Crippen LogP contribution is -2.29. The summed E-state index contributed by atoms with van der Waals surface area (Å²) < 4.78 is 75.4. The van der Waals surface area contributed by atoms with Gasteiger partial charge in [-0.05, 0) is 42.0 Å². The van der Waals surface area contributed by atoms with E-state index < -0.39 is 53.6 Å². The Morgan fingerprint density at radius 3 is 1.77 bits per heavy atom. The van der Waals surface area contributed by atoms with Gasteiger partial charge in [0.15, 0.2) is 11.7 Å². The van der Waals surface area contributed by atoms with E-state index in [0.29, 0.717) is 24.3 Å². The smallest absolute Gasteiger partial charge is 0.388 e. The number of anilines is 1. The lowest BCUT2D eigenvalue weighted by atomic mass is 9.95. The van der Waals surface area contributed by atoms with Crippen molar-refractivity contribution in [3.05, 3.63) is 65.2 Å². The lowest BCUT2D eigenvalue weighted by molar-refractivity contribution is -0.138. The molecule has 2 atom stereocenters. The van der Waals surface area contributed by atoms with Crippen molar-refractivity contribution in [2.75, 3.05) is 5.32 Å². The van der Waals surface area contributed by atoms with E-state index in [9.17, 15) is 41.0 Å². The van der Waals surface area contributed by atoms with E-state index in [2.05, 4.69) is 5.32 Å². The second kappa shape index (κ2) is 9.18. The molecule has 0 aliphatic rings.